The van der Waals surface area contributed by atoms with Crippen molar-refractivity contribution in [3.8, 4) is 16.9 Å². The van der Waals surface area contributed by atoms with E-state index < -0.39 is 0 Å². The maximum atomic E-state index is 9.64. The molecule has 5 nitrogen and oxygen atoms in total. The minimum Gasteiger partial charge on any atom is -0.508 e. The van der Waals surface area contributed by atoms with Gasteiger partial charge >= 0.3 is 0 Å². The molecule has 1 aliphatic heterocycles. The third kappa shape index (κ3) is 2.02. The van der Waals surface area contributed by atoms with Crippen LogP contribution in [0.4, 0.5) is 5.82 Å². The van der Waals surface area contributed by atoms with Crippen molar-refractivity contribution in [1.29, 1.82) is 0 Å². The van der Waals surface area contributed by atoms with Gasteiger partial charge in [-0.25, -0.2) is 9.97 Å². The SMILES string of the molecule is Cn1cc2c3c(ccnc31)-c1cccnc1NC2c1ccc(O)cc1. The molecule has 0 aliphatic carbocycles. The molecule has 1 aliphatic rings. The highest BCUT2D eigenvalue weighted by atomic mass is 16.3. The number of anilines is 1. The largest absolute Gasteiger partial charge is 0.508 e. The lowest BCUT2D eigenvalue weighted by molar-refractivity contribution is 0.475. The fourth-order valence-corrected chi connectivity index (χ4v) is 3.66. The normalized spacial score (nSPS) is 15.5. The number of aryl methyl sites for hydroxylation is 1. The zero-order chi connectivity index (χ0) is 17.0. The molecule has 5 heteroatoms. The van der Waals surface area contributed by atoms with E-state index in [1.807, 2.05) is 37.5 Å². The molecular formula is C20H16N4O. The first kappa shape index (κ1) is 14.0. The number of benzene rings is 1. The Morgan fingerprint density at radius 2 is 1.84 bits per heavy atom. The lowest BCUT2D eigenvalue weighted by atomic mass is 9.97. The Bertz CT molecular complexity index is 1100. The van der Waals surface area contributed by atoms with E-state index in [-0.39, 0.29) is 11.8 Å². The van der Waals surface area contributed by atoms with E-state index in [2.05, 4.69) is 32.1 Å². The highest BCUT2D eigenvalue weighted by Crippen LogP contribution is 2.43. The molecule has 4 heterocycles. The minimum absolute atomic E-state index is 0.0663. The van der Waals surface area contributed by atoms with E-state index >= 15 is 0 Å². The number of phenols is 1. The van der Waals surface area contributed by atoms with Gasteiger partial charge in [0.2, 0.25) is 0 Å². The number of pyridine rings is 2. The van der Waals surface area contributed by atoms with E-state index in [1.54, 1.807) is 18.3 Å². The number of hydrogen-bond donors (Lipinski definition) is 2. The Morgan fingerprint density at radius 1 is 1.00 bits per heavy atom. The molecule has 4 aromatic rings. The molecule has 0 spiro atoms. The number of nitrogens with one attached hydrogen (secondary N) is 1. The van der Waals surface area contributed by atoms with Gasteiger partial charge in [0.05, 0.1) is 6.04 Å². The van der Waals surface area contributed by atoms with Gasteiger partial charge in [0.25, 0.3) is 0 Å². The molecule has 0 saturated carbocycles. The highest BCUT2D eigenvalue weighted by Gasteiger charge is 2.27. The Kier molecular flexibility index (Phi) is 2.85. The van der Waals surface area contributed by atoms with E-state index in [9.17, 15) is 5.11 Å². The van der Waals surface area contributed by atoms with Gasteiger partial charge in [-0.2, -0.15) is 0 Å². The zero-order valence-electron chi connectivity index (χ0n) is 13.6. The van der Waals surface area contributed by atoms with E-state index in [1.165, 1.54) is 0 Å². The Morgan fingerprint density at radius 3 is 2.68 bits per heavy atom. The lowest BCUT2D eigenvalue weighted by Gasteiger charge is -2.18. The first-order chi connectivity index (χ1) is 12.2. The van der Waals surface area contributed by atoms with Crippen LogP contribution in [-0.2, 0) is 7.05 Å². The second-order valence-corrected chi connectivity index (χ2v) is 6.32. The van der Waals surface area contributed by atoms with Gasteiger partial charge in [-0.3, -0.25) is 0 Å². The Hall–Kier alpha value is -3.34. The van der Waals surface area contributed by atoms with Crippen molar-refractivity contribution in [2.24, 2.45) is 7.05 Å². The Balaban J connectivity index is 1.86. The van der Waals surface area contributed by atoms with Crippen LogP contribution < -0.4 is 5.32 Å². The molecule has 0 radical (unpaired) electrons. The number of rotatable bonds is 1. The number of aromatic hydroxyl groups is 1. The molecule has 0 bridgehead atoms. The summed E-state index contributed by atoms with van der Waals surface area (Å²) < 4.78 is 2.06. The second kappa shape index (κ2) is 5.08. The quantitative estimate of drug-likeness (QED) is 0.557. The van der Waals surface area contributed by atoms with Crippen LogP contribution in [-0.4, -0.2) is 19.6 Å². The van der Waals surface area contributed by atoms with Crippen molar-refractivity contribution in [1.82, 2.24) is 14.5 Å². The molecule has 1 atom stereocenters. The van der Waals surface area contributed by atoms with Crippen molar-refractivity contribution >= 4 is 16.9 Å². The summed E-state index contributed by atoms with van der Waals surface area (Å²) in [6.07, 6.45) is 5.77. The summed E-state index contributed by atoms with van der Waals surface area (Å²) in [4.78, 5) is 9.13. The summed E-state index contributed by atoms with van der Waals surface area (Å²) in [5, 5.41) is 14.4. The fourth-order valence-electron chi connectivity index (χ4n) is 3.66. The van der Waals surface area contributed by atoms with Crippen molar-refractivity contribution in [2.45, 2.75) is 6.04 Å². The van der Waals surface area contributed by atoms with Crippen LogP contribution in [0.15, 0.2) is 61.1 Å². The molecule has 1 aromatic carbocycles. The van der Waals surface area contributed by atoms with Crippen LogP contribution in [0.3, 0.4) is 0 Å². The molecule has 2 N–H and O–H groups in total. The molecule has 25 heavy (non-hydrogen) atoms. The third-order valence-electron chi connectivity index (χ3n) is 4.80. The lowest BCUT2D eigenvalue weighted by Crippen LogP contribution is -2.12. The van der Waals surface area contributed by atoms with Crippen molar-refractivity contribution in [3.05, 3.63) is 72.2 Å². The first-order valence-electron chi connectivity index (χ1n) is 8.17. The molecule has 122 valence electrons. The minimum atomic E-state index is -0.0663. The van der Waals surface area contributed by atoms with Crippen LogP contribution in [0, 0.1) is 0 Å². The van der Waals surface area contributed by atoms with E-state index in [0.717, 1.165) is 39.1 Å². The van der Waals surface area contributed by atoms with Gasteiger partial charge in [0.1, 0.15) is 17.2 Å². The van der Waals surface area contributed by atoms with Gasteiger partial charge in [-0.1, -0.05) is 12.1 Å². The molecule has 3 aromatic heterocycles. The van der Waals surface area contributed by atoms with Crippen LogP contribution in [0.2, 0.25) is 0 Å². The van der Waals surface area contributed by atoms with E-state index in [0.29, 0.717) is 0 Å². The maximum absolute atomic E-state index is 9.64. The second-order valence-electron chi connectivity index (χ2n) is 6.32. The number of fused-ring (bicyclic) bond motifs is 2. The number of aromatic nitrogens is 3. The summed E-state index contributed by atoms with van der Waals surface area (Å²) in [5.41, 5.74) is 5.39. The highest BCUT2D eigenvalue weighted by molar-refractivity contribution is 6.00. The predicted octanol–water partition coefficient (Wildman–Crippen LogP) is 3.86. The van der Waals surface area contributed by atoms with Gasteiger partial charge in [0, 0.05) is 42.2 Å². The molecule has 5 rings (SSSR count). The smallest absolute Gasteiger partial charge is 0.140 e. The number of phenolic OH excluding ortho intramolecular Hbond substituents is 1. The van der Waals surface area contributed by atoms with Gasteiger partial charge in [-0.15, -0.1) is 0 Å². The van der Waals surface area contributed by atoms with Crippen LogP contribution in [0.25, 0.3) is 22.2 Å². The average molecular weight is 328 g/mol. The monoisotopic (exact) mass is 328 g/mol. The van der Waals surface area contributed by atoms with Crippen LogP contribution >= 0.6 is 0 Å². The van der Waals surface area contributed by atoms with Crippen molar-refractivity contribution < 1.29 is 5.11 Å². The average Bonchev–Trinajstić information content (AvgIpc) is 2.90. The molecular weight excluding hydrogens is 312 g/mol. The summed E-state index contributed by atoms with van der Waals surface area (Å²) in [6, 6.07) is 13.3. The molecule has 0 fully saturated rings. The van der Waals surface area contributed by atoms with Crippen LogP contribution in [0.5, 0.6) is 5.75 Å². The summed E-state index contributed by atoms with van der Waals surface area (Å²) in [6.45, 7) is 0. The number of hydrogen-bond acceptors (Lipinski definition) is 4. The molecule has 0 saturated heterocycles. The van der Waals surface area contributed by atoms with Crippen molar-refractivity contribution in [3.63, 3.8) is 0 Å². The standard InChI is InChI=1S/C20H16N4O/c1-24-11-16-17-14(8-10-22-20(17)24)15-3-2-9-21-19(15)23-18(16)12-4-6-13(25)7-5-12/h2-11,18,25H,1H3,(H,21,23). The fraction of sp³-hybridized carbons (Fsp3) is 0.100. The predicted molar refractivity (Wildman–Crippen MR) is 97.5 cm³/mol. The topological polar surface area (TPSA) is 63.0 Å². The summed E-state index contributed by atoms with van der Waals surface area (Å²) in [7, 11) is 2.02. The maximum Gasteiger partial charge on any atom is 0.140 e. The van der Waals surface area contributed by atoms with Crippen molar-refractivity contribution in [2.75, 3.05) is 5.32 Å². The summed E-state index contributed by atoms with van der Waals surface area (Å²) >= 11 is 0. The van der Waals surface area contributed by atoms with Crippen LogP contribution in [0.1, 0.15) is 17.2 Å². The zero-order valence-corrected chi connectivity index (χ0v) is 13.6. The first-order valence-corrected chi connectivity index (χ1v) is 8.17. The van der Waals surface area contributed by atoms with Gasteiger partial charge in [-0.05, 0) is 41.5 Å². The summed E-state index contributed by atoms with van der Waals surface area (Å²) in [5.74, 6) is 1.11. The molecule has 0 amide bonds. The van der Waals surface area contributed by atoms with Gasteiger partial charge < -0.3 is 15.0 Å². The Labute approximate surface area is 144 Å². The number of nitrogens with zero attached hydrogens (tertiary/aromatic N) is 3. The molecule has 1 unspecified atom stereocenters. The van der Waals surface area contributed by atoms with Gasteiger partial charge in [0.15, 0.2) is 0 Å². The van der Waals surface area contributed by atoms with E-state index in [4.69, 9.17) is 0 Å². The third-order valence-corrected chi connectivity index (χ3v) is 4.80.